The Labute approximate surface area is 769 Å². The number of nitrogens with zero attached hydrogens (tertiary/aromatic N) is 12. The maximum Gasteiger partial charge on any atom is 0.314 e. The molecular weight excluding hydrogens is 1610 g/mol. The van der Waals surface area contributed by atoms with E-state index in [-0.39, 0.29) is 36.2 Å². The third-order valence-corrected chi connectivity index (χ3v) is 24.0. The van der Waals surface area contributed by atoms with Gasteiger partial charge in [0.05, 0.1) is 300 Å². The van der Waals surface area contributed by atoms with Crippen molar-refractivity contribution in [1.82, 2.24) is 68.7 Å². The zero-order valence-corrected chi connectivity index (χ0v) is 86.0. The van der Waals surface area contributed by atoms with Crippen molar-refractivity contribution in [3.05, 3.63) is 0 Å². The standard InChI is InChI=1S/C90H199N24O12/c1-26-121-74-63-104(4,5)52-28-41-93-86(116)94-42-30-54-106(8,9)66-77-123-78-67-108(12,13)56-32-45-97-88(118)98-46-34-58-110(16,17)70-81-125-82-71-112(20,21)60-36-49-101-90(120)102-50-38-62-114(24,25)73-84-126-83-72-113(22,23)61-37-48-100-89(119)99-47-35-59-111(18,19)69-80-124-79-68-109(14,15)57-33-44-96-87(117)95-43-31-55-107(10,11)65-76-122-75-64-105(6,7)53-29-40-92-85(115)91-39-27-51-103(2)3/h26-84H2,1-25H3,(H6-6,91,92,93,94,95,96,97,98,99,100,101,102,115,116,117,118,119,120)/q+5/p+6. The van der Waals surface area contributed by atoms with E-state index < -0.39 is 0 Å². The van der Waals surface area contributed by atoms with Crippen molar-refractivity contribution in [3.8, 4) is 0 Å². The average Bonchev–Trinajstić information content (AvgIpc) is 0.924. The smallest absolute Gasteiger partial charge is 0.314 e. The van der Waals surface area contributed by atoms with Crippen LogP contribution in [0.5, 0.6) is 0 Å². The number of carbonyl (C=O) groups is 6. The Bertz CT molecular complexity index is 2760. The lowest BCUT2D eigenvalue weighted by Crippen LogP contribution is -2.47. The van der Waals surface area contributed by atoms with Crippen LogP contribution in [0.1, 0.15) is 84.0 Å². The summed E-state index contributed by atoms with van der Waals surface area (Å²) in [6.45, 7) is 39.2. The van der Waals surface area contributed by atoms with Gasteiger partial charge in [-0.15, -0.1) is 0 Å². The molecule has 0 unspecified atom stereocenters. The minimum Gasteiger partial charge on any atom is -0.376 e. The van der Waals surface area contributed by atoms with Crippen LogP contribution < -0.4 is 63.8 Å². The molecule has 0 aromatic carbocycles. The normalized spacial score (nSPS) is 12.9. The molecule has 0 spiro atoms. The van der Waals surface area contributed by atoms with Crippen molar-refractivity contribution in [2.75, 3.05) is 477 Å². The maximum atomic E-state index is 12.7. The fourth-order valence-corrected chi connectivity index (χ4v) is 14.1. The van der Waals surface area contributed by atoms with Gasteiger partial charge in [-0.2, -0.15) is 0 Å². The van der Waals surface area contributed by atoms with Crippen molar-refractivity contribution in [3.63, 3.8) is 0 Å². The SMILES string of the molecule is CCOCC[N+](C)(C)CCCNC(=O)NCCC[N+](C)(C)CCOCC[N+](C)(C)CCCNC(=O)NCCC[N+](C)(C)CCOCC[N+](C)(C)CCCNC(=O)NCCC[N+](C)(C)CCOCC[N+](C)(C)CCCNC(=O)NCCC[N+](C)(C)CCOCC[N+](C)(C)CCCNC(=O)NCCC[N+](C)(C)CCOCC[N+](C)(C)CCCNC(=O)NCCCN(C)C. The zero-order valence-electron chi connectivity index (χ0n) is 86.0. The molecule has 0 saturated heterocycles. The summed E-state index contributed by atoms with van der Waals surface area (Å²) in [7, 11) is 52.6. The van der Waals surface area contributed by atoms with Gasteiger partial charge < -0.3 is 146 Å². The first-order chi connectivity index (χ1) is 58.9. The highest BCUT2D eigenvalue weighted by Crippen LogP contribution is 2.10. The van der Waals surface area contributed by atoms with Gasteiger partial charge in [-0.1, -0.05) is 0 Å². The predicted molar refractivity (Wildman–Crippen MR) is 513 cm³/mol. The molecule has 0 aliphatic rings. The number of urea groups is 6. The monoisotopic (exact) mass is 1810 g/mol. The van der Waals surface area contributed by atoms with Crippen LogP contribution in [-0.2, 0) is 28.4 Å². The second-order valence-corrected chi connectivity index (χ2v) is 42.6. The molecule has 36 heteroatoms. The van der Waals surface area contributed by atoms with Gasteiger partial charge in [0.15, 0.2) is 0 Å². The molecule has 0 atom stereocenters. The van der Waals surface area contributed by atoms with Crippen LogP contribution in [0.2, 0.25) is 0 Å². The minimum atomic E-state index is -0.122. The average molecular weight is 1820 g/mol. The summed E-state index contributed by atoms with van der Waals surface area (Å²) in [5.74, 6) is 0. The van der Waals surface area contributed by atoms with Gasteiger partial charge in [-0.05, 0) is 34.0 Å². The van der Waals surface area contributed by atoms with E-state index in [1.54, 1.807) is 0 Å². The van der Waals surface area contributed by atoms with Crippen LogP contribution in [0, 0.1) is 0 Å². The van der Waals surface area contributed by atoms with Crippen LogP contribution in [0.15, 0.2) is 0 Å². The zero-order chi connectivity index (χ0) is 95.0. The molecular formula is C90H205N24O12+11. The van der Waals surface area contributed by atoms with E-state index in [1.165, 1.54) is 0 Å². The van der Waals surface area contributed by atoms with Crippen molar-refractivity contribution in [2.24, 2.45) is 0 Å². The lowest BCUT2D eigenvalue weighted by Gasteiger charge is -2.31. The number of quaternary nitrogens is 11. The summed E-state index contributed by atoms with van der Waals surface area (Å²) in [6.07, 6.45) is 10.7. The molecule has 0 bridgehead atoms. The van der Waals surface area contributed by atoms with E-state index in [1.807, 2.05) is 21.0 Å². The second kappa shape index (κ2) is 67.1. The lowest BCUT2D eigenvalue weighted by molar-refractivity contribution is -0.894. The van der Waals surface area contributed by atoms with Crippen LogP contribution in [0.25, 0.3) is 0 Å². The number of rotatable bonds is 82. The van der Waals surface area contributed by atoms with Gasteiger partial charge in [-0.25, -0.2) is 28.8 Å². The van der Waals surface area contributed by atoms with E-state index in [9.17, 15) is 28.8 Å². The van der Waals surface area contributed by atoms with Crippen molar-refractivity contribution in [2.45, 2.75) is 84.0 Å². The molecule has 0 heterocycles. The Morgan fingerprint density at radius 3 is 0.405 bits per heavy atom. The highest BCUT2D eigenvalue weighted by molar-refractivity contribution is 5.75. The Balaban J connectivity index is 4.03. The quantitative estimate of drug-likeness (QED) is 0.0307. The summed E-state index contributed by atoms with van der Waals surface area (Å²) in [5.41, 5.74) is 0. The van der Waals surface area contributed by atoms with Crippen LogP contribution in [0.4, 0.5) is 28.8 Å². The predicted octanol–water partition coefficient (Wildman–Crippen LogP) is 1.98. The molecule has 126 heavy (non-hydrogen) atoms. The fourth-order valence-electron chi connectivity index (χ4n) is 14.1. The summed E-state index contributed by atoms with van der Waals surface area (Å²) in [6, 6.07) is -0.671. The van der Waals surface area contributed by atoms with E-state index in [4.69, 9.17) is 28.4 Å². The van der Waals surface area contributed by atoms with Gasteiger partial charge in [0.2, 0.25) is 0 Å². The van der Waals surface area contributed by atoms with E-state index >= 15 is 0 Å². The molecule has 0 radical (unpaired) electrons. The van der Waals surface area contributed by atoms with Gasteiger partial charge in [0, 0.05) is 156 Å². The lowest BCUT2D eigenvalue weighted by atomic mass is 10.3. The van der Waals surface area contributed by atoms with Gasteiger partial charge in [-0.3, -0.25) is 0 Å². The van der Waals surface area contributed by atoms with E-state index in [0.717, 1.165) is 290 Å². The third kappa shape index (κ3) is 77.6. The first-order valence-corrected chi connectivity index (χ1v) is 48.1. The molecule has 0 saturated carbocycles. The number of carbonyl (C=O) groups excluding carboxylic acids is 6. The highest BCUT2D eigenvalue weighted by atomic mass is 16.5. The molecule has 0 aliphatic carbocycles. The summed E-state index contributed by atoms with van der Waals surface area (Å²) >= 11 is 0. The van der Waals surface area contributed by atoms with Gasteiger partial charge in [0.25, 0.3) is 0 Å². The molecule has 0 aromatic rings. The van der Waals surface area contributed by atoms with Crippen molar-refractivity contribution in [1.29, 1.82) is 0 Å². The number of hydrogen-bond donors (Lipinski definition) is 12. The molecule has 36 nitrogen and oxygen atoms in total. The first-order valence-electron chi connectivity index (χ1n) is 48.1. The molecule has 0 fully saturated rings. The Kier molecular flexibility index (Phi) is 64.4. The Morgan fingerprint density at radius 2 is 0.294 bits per heavy atom. The van der Waals surface area contributed by atoms with Crippen LogP contribution in [-0.4, -0.2) is 568 Å². The number of nitrogens with one attached hydrogen (secondary N) is 12. The van der Waals surface area contributed by atoms with Crippen LogP contribution >= 0.6 is 0 Å². The molecule has 12 amide bonds. The summed E-state index contributed by atoms with van der Waals surface area (Å²) in [5, 5.41) is 36.2. The minimum absolute atomic E-state index is 0.0946. The molecule has 0 aliphatic heterocycles. The Morgan fingerprint density at radius 1 is 0.183 bits per heavy atom. The second-order valence-electron chi connectivity index (χ2n) is 42.6. The number of amides is 12. The fraction of sp³-hybridized carbons (Fsp3) is 0.933. The summed E-state index contributed by atoms with van der Waals surface area (Å²) < 4.78 is 45.1. The molecule has 0 rings (SSSR count). The van der Waals surface area contributed by atoms with E-state index in [2.05, 4.69) is 224 Å². The highest BCUT2D eigenvalue weighted by Gasteiger charge is 2.26. The largest absolute Gasteiger partial charge is 0.376 e. The number of hydrogen-bond acceptors (Lipinski definition) is 13. The Hall–Kier alpha value is -5.10. The van der Waals surface area contributed by atoms with Crippen molar-refractivity contribution < 1.29 is 107 Å². The van der Waals surface area contributed by atoms with E-state index in [0.29, 0.717) is 145 Å². The summed E-state index contributed by atoms with van der Waals surface area (Å²) in [4.78, 5) is 76.9. The number of likely N-dealkylation sites (N-methyl/N-ethyl adjacent to an activating group) is 11. The topological polar surface area (TPSA) is 305 Å². The third-order valence-electron chi connectivity index (χ3n) is 24.0. The maximum absolute atomic E-state index is 12.7. The van der Waals surface area contributed by atoms with Crippen molar-refractivity contribution >= 4 is 36.2 Å². The molecule has 0 aromatic heterocycles. The van der Waals surface area contributed by atoms with Crippen LogP contribution in [0.3, 0.4) is 0 Å². The number of ether oxygens (including phenoxy) is 6. The molecule has 12 N–H and O–H groups in total. The van der Waals surface area contributed by atoms with Gasteiger partial charge >= 0.3 is 36.2 Å². The molecule has 746 valence electrons. The van der Waals surface area contributed by atoms with Gasteiger partial charge in [0.1, 0.15) is 72.0 Å². The first kappa shape index (κ1) is 121.